The van der Waals surface area contributed by atoms with Crippen molar-refractivity contribution in [2.75, 3.05) is 0 Å². The van der Waals surface area contributed by atoms with Crippen LogP contribution in [-0.2, 0) is 6.42 Å². The summed E-state index contributed by atoms with van der Waals surface area (Å²) in [7, 11) is 0. The molecule has 0 radical (unpaired) electrons. The van der Waals surface area contributed by atoms with Crippen molar-refractivity contribution in [3.8, 4) is 0 Å². The number of hydrogen-bond donors (Lipinski definition) is 0. The van der Waals surface area contributed by atoms with Crippen molar-refractivity contribution < 1.29 is 0 Å². The molecule has 1 aromatic rings. The quantitative estimate of drug-likeness (QED) is 0.497. The molecule has 0 aliphatic rings. The van der Waals surface area contributed by atoms with Crippen LogP contribution in [0.5, 0.6) is 0 Å². The molecule has 0 fully saturated rings. The molecule has 21 heavy (non-hydrogen) atoms. The topological polar surface area (TPSA) is 0 Å². The van der Waals surface area contributed by atoms with Crippen LogP contribution in [0.15, 0.2) is 36.4 Å². The van der Waals surface area contributed by atoms with Gasteiger partial charge in [-0.05, 0) is 37.8 Å². The highest BCUT2D eigenvalue weighted by atomic mass is 14.0. The van der Waals surface area contributed by atoms with E-state index < -0.39 is 0 Å². The predicted molar refractivity (Wildman–Crippen MR) is 102 cm³/mol. The number of rotatable bonds is 4. The molecule has 0 heterocycles. The fraction of sp³-hybridized carbons (Fsp3) is 0.619. The molecular formula is C21H40. The average molecular weight is 293 g/mol. The first kappa shape index (κ1) is 24.9. The van der Waals surface area contributed by atoms with Gasteiger partial charge in [-0.3, -0.25) is 0 Å². The summed E-state index contributed by atoms with van der Waals surface area (Å²) in [4.78, 5) is 0. The van der Waals surface area contributed by atoms with Crippen molar-refractivity contribution in [2.24, 2.45) is 0 Å². The lowest BCUT2D eigenvalue weighted by atomic mass is 10.1. The Morgan fingerprint density at radius 2 is 1.33 bits per heavy atom. The van der Waals surface area contributed by atoms with Crippen molar-refractivity contribution in [2.45, 2.75) is 87.5 Å². The normalized spacial score (nSPS) is 8.19. The highest BCUT2D eigenvalue weighted by Gasteiger charge is 1.92. The van der Waals surface area contributed by atoms with E-state index in [-0.39, 0.29) is 0 Å². The van der Waals surface area contributed by atoms with Crippen LogP contribution in [-0.4, -0.2) is 0 Å². The minimum absolute atomic E-state index is 1.11. The van der Waals surface area contributed by atoms with E-state index in [2.05, 4.69) is 65.5 Å². The molecule has 0 aliphatic heterocycles. The second kappa shape index (κ2) is 21.3. The Bertz CT molecular complexity index is 308. The first-order chi connectivity index (χ1) is 10.0. The fourth-order valence-electron chi connectivity index (χ4n) is 1.16. The molecule has 0 amide bonds. The molecule has 1 rings (SSSR count). The zero-order valence-electron chi connectivity index (χ0n) is 16.1. The van der Waals surface area contributed by atoms with Gasteiger partial charge < -0.3 is 0 Å². The van der Waals surface area contributed by atoms with Gasteiger partial charge in [0, 0.05) is 0 Å². The van der Waals surface area contributed by atoms with Gasteiger partial charge in [0.15, 0.2) is 0 Å². The SMILES string of the molecule is C=C(C)CC.CC.CCCC.CCCc1ccccc1C. The fourth-order valence-corrected chi connectivity index (χ4v) is 1.16. The molecule has 0 heteroatoms. The molecule has 124 valence electrons. The van der Waals surface area contributed by atoms with E-state index in [0.29, 0.717) is 0 Å². The second-order valence-corrected chi connectivity index (χ2v) is 4.99. The summed E-state index contributed by atoms with van der Waals surface area (Å²) in [5.41, 5.74) is 4.17. The Balaban J connectivity index is -0.000000250. The summed E-state index contributed by atoms with van der Waals surface area (Å²) in [6.07, 6.45) is 6.21. The summed E-state index contributed by atoms with van der Waals surface area (Å²) in [6, 6.07) is 8.58. The Hall–Kier alpha value is -1.04. The molecule has 0 saturated carbocycles. The molecule has 0 aromatic heterocycles. The van der Waals surface area contributed by atoms with E-state index >= 15 is 0 Å². The van der Waals surface area contributed by atoms with Gasteiger partial charge in [-0.2, -0.15) is 0 Å². The van der Waals surface area contributed by atoms with Gasteiger partial charge in [0.05, 0.1) is 0 Å². The van der Waals surface area contributed by atoms with Crippen molar-refractivity contribution in [1.82, 2.24) is 0 Å². The third-order valence-electron chi connectivity index (χ3n) is 2.88. The number of aryl methyl sites for hydroxylation is 2. The maximum atomic E-state index is 3.67. The molecule has 0 aliphatic carbocycles. The molecule has 0 spiro atoms. The number of allylic oxidation sites excluding steroid dienone is 1. The number of benzene rings is 1. The van der Waals surface area contributed by atoms with Crippen LogP contribution < -0.4 is 0 Å². The number of hydrogen-bond acceptors (Lipinski definition) is 0. The van der Waals surface area contributed by atoms with Gasteiger partial charge in [0.2, 0.25) is 0 Å². The Labute approximate surface area is 135 Å². The van der Waals surface area contributed by atoms with Crippen LogP contribution in [0.25, 0.3) is 0 Å². The third kappa shape index (κ3) is 21.4. The smallest absolute Gasteiger partial charge is 0.0279 e. The van der Waals surface area contributed by atoms with Gasteiger partial charge >= 0.3 is 0 Å². The maximum Gasteiger partial charge on any atom is -0.0279 e. The van der Waals surface area contributed by atoms with Crippen molar-refractivity contribution in [3.63, 3.8) is 0 Å². The lowest BCUT2D eigenvalue weighted by Crippen LogP contribution is -1.85. The predicted octanol–water partition coefficient (Wildman–Crippen LogP) is 7.75. The van der Waals surface area contributed by atoms with E-state index in [1.54, 1.807) is 0 Å². The van der Waals surface area contributed by atoms with Crippen molar-refractivity contribution in [3.05, 3.63) is 47.5 Å². The number of unbranched alkanes of at least 4 members (excludes halogenated alkanes) is 1. The third-order valence-corrected chi connectivity index (χ3v) is 2.88. The first-order valence-corrected chi connectivity index (χ1v) is 8.72. The molecule has 1 aromatic carbocycles. The minimum Gasteiger partial charge on any atom is -0.100 e. The summed E-state index contributed by atoms with van der Waals surface area (Å²) < 4.78 is 0. The zero-order valence-corrected chi connectivity index (χ0v) is 16.1. The summed E-state index contributed by atoms with van der Waals surface area (Å²) in [5.74, 6) is 0. The minimum atomic E-state index is 1.11. The summed E-state index contributed by atoms with van der Waals surface area (Å²) in [5, 5.41) is 0. The first-order valence-electron chi connectivity index (χ1n) is 8.72. The Kier molecular flexibility index (Phi) is 25.3. The molecule has 0 nitrogen and oxygen atoms in total. The van der Waals surface area contributed by atoms with E-state index in [4.69, 9.17) is 0 Å². The van der Waals surface area contributed by atoms with Crippen LogP contribution in [0, 0.1) is 6.92 Å². The summed E-state index contributed by atoms with van der Waals surface area (Å²) in [6.45, 7) is 20.5. The van der Waals surface area contributed by atoms with Crippen molar-refractivity contribution >= 4 is 0 Å². The average Bonchev–Trinajstić information content (AvgIpc) is 2.52. The lowest BCUT2D eigenvalue weighted by Gasteiger charge is -2.01. The Morgan fingerprint density at radius 3 is 1.62 bits per heavy atom. The Morgan fingerprint density at radius 1 is 0.905 bits per heavy atom. The molecule has 0 saturated heterocycles. The van der Waals surface area contributed by atoms with Crippen LogP contribution >= 0.6 is 0 Å². The monoisotopic (exact) mass is 292 g/mol. The van der Waals surface area contributed by atoms with Gasteiger partial charge in [-0.15, -0.1) is 6.58 Å². The van der Waals surface area contributed by atoms with Crippen molar-refractivity contribution in [1.29, 1.82) is 0 Å². The van der Waals surface area contributed by atoms with Crippen LogP contribution in [0.1, 0.15) is 85.3 Å². The van der Waals surface area contributed by atoms with Crippen LogP contribution in [0.2, 0.25) is 0 Å². The lowest BCUT2D eigenvalue weighted by molar-refractivity contribution is 0.886. The van der Waals surface area contributed by atoms with Gasteiger partial charge in [0.25, 0.3) is 0 Å². The summed E-state index contributed by atoms with van der Waals surface area (Å²) >= 11 is 0. The van der Waals surface area contributed by atoms with E-state index in [0.717, 1.165) is 6.42 Å². The molecule has 0 N–H and O–H groups in total. The van der Waals surface area contributed by atoms with E-state index in [1.165, 1.54) is 42.4 Å². The van der Waals surface area contributed by atoms with Gasteiger partial charge in [0.1, 0.15) is 0 Å². The molecule has 0 atom stereocenters. The second-order valence-electron chi connectivity index (χ2n) is 4.99. The largest absolute Gasteiger partial charge is 0.100 e. The standard InChI is InChI=1S/C10H14.C5H10.C4H10.C2H6/c1-3-6-10-8-5-4-7-9(10)2;1-4-5(2)3;1-3-4-2;1-2/h4-5,7-8H,3,6H2,1-2H3;2,4H2,1,3H3;3-4H2,1-2H3;1-2H3. The maximum absolute atomic E-state index is 3.67. The molecular weight excluding hydrogens is 252 g/mol. The molecule has 0 bridgehead atoms. The van der Waals surface area contributed by atoms with E-state index in [9.17, 15) is 0 Å². The van der Waals surface area contributed by atoms with E-state index in [1.807, 2.05) is 20.8 Å². The van der Waals surface area contributed by atoms with Gasteiger partial charge in [-0.1, -0.05) is 90.6 Å². The highest BCUT2D eigenvalue weighted by molar-refractivity contribution is 5.25. The van der Waals surface area contributed by atoms with Gasteiger partial charge in [-0.25, -0.2) is 0 Å². The molecule has 0 unspecified atom stereocenters. The zero-order chi connectivity index (χ0) is 17.1. The van der Waals surface area contributed by atoms with Crippen LogP contribution in [0.4, 0.5) is 0 Å². The van der Waals surface area contributed by atoms with Crippen LogP contribution in [0.3, 0.4) is 0 Å². The highest BCUT2D eigenvalue weighted by Crippen LogP contribution is 2.08.